The molecule has 1 heterocycles. The van der Waals surface area contributed by atoms with E-state index < -0.39 is 0 Å². The second kappa shape index (κ2) is 9.71. The van der Waals surface area contributed by atoms with Gasteiger partial charge in [-0.15, -0.1) is 23.1 Å². The van der Waals surface area contributed by atoms with Crippen LogP contribution in [0.5, 0.6) is 0 Å². The number of nitrogens with zero attached hydrogens (tertiary/aromatic N) is 2. The third-order valence-electron chi connectivity index (χ3n) is 4.22. The van der Waals surface area contributed by atoms with Crippen molar-refractivity contribution in [3.05, 3.63) is 75.7 Å². The molecule has 0 spiro atoms. The minimum atomic E-state index is -0.226. The maximum absolute atomic E-state index is 12.6. The molecule has 0 saturated heterocycles. The normalized spacial score (nSPS) is 10.6. The Hall–Kier alpha value is -2.64. The molecule has 2 aromatic carbocycles. The first kappa shape index (κ1) is 21.1. The van der Waals surface area contributed by atoms with Gasteiger partial charge in [0.05, 0.1) is 17.2 Å². The predicted molar refractivity (Wildman–Crippen MR) is 120 cm³/mol. The molecule has 0 atom stereocenters. The molecule has 0 fully saturated rings. The van der Waals surface area contributed by atoms with E-state index in [0.717, 1.165) is 32.6 Å². The van der Waals surface area contributed by atoms with Crippen molar-refractivity contribution in [3.63, 3.8) is 0 Å². The van der Waals surface area contributed by atoms with Crippen molar-refractivity contribution in [2.45, 2.75) is 24.5 Å². The molecule has 2 amide bonds. The molecule has 0 aliphatic rings. The topological polar surface area (TPSA) is 62.3 Å². The average Bonchev–Trinajstić information content (AvgIpc) is 3.13. The van der Waals surface area contributed by atoms with Gasteiger partial charge in [0.15, 0.2) is 0 Å². The van der Waals surface area contributed by atoms with Crippen LogP contribution >= 0.6 is 23.1 Å². The van der Waals surface area contributed by atoms with Gasteiger partial charge in [-0.05, 0) is 50.2 Å². The molecule has 1 N–H and O–H groups in total. The van der Waals surface area contributed by atoms with E-state index in [4.69, 9.17) is 0 Å². The van der Waals surface area contributed by atoms with Gasteiger partial charge in [-0.2, -0.15) is 0 Å². The van der Waals surface area contributed by atoms with Crippen LogP contribution in [0.3, 0.4) is 0 Å². The van der Waals surface area contributed by atoms with E-state index in [1.165, 1.54) is 4.90 Å². The molecule has 3 rings (SSSR count). The van der Waals surface area contributed by atoms with E-state index in [-0.39, 0.29) is 18.4 Å². The quantitative estimate of drug-likeness (QED) is 0.554. The summed E-state index contributed by atoms with van der Waals surface area (Å²) < 4.78 is 0. The van der Waals surface area contributed by atoms with Gasteiger partial charge in [0.25, 0.3) is 5.91 Å². The maximum atomic E-state index is 12.6. The first-order valence-electron chi connectivity index (χ1n) is 9.16. The van der Waals surface area contributed by atoms with Crippen LogP contribution in [0.1, 0.15) is 26.6 Å². The largest absolute Gasteiger partial charge is 0.332 e. The van der Waals surface area contributed by atoms with Crippen LogP contribution in [0.25, 0.3) is 0 Å². The Kier molecular flexibility index (Phi) is 7.06. The monoisotopic (exact) mass is 425 g/mol. The van der Waals surface area contributed by atoms with Crippen LogP contribution in [0.4, 0.5) is 5.69 Å². The van der Waals surface area contributed by atoms with Gasteiger partial charge in [-0.1, -0.05) is 17.7 Å². The SMILES string of the molecule is Cc1ccc(NC(=O)CN(C)C(=O)c2ccc(SCc3csc(C)n3)cc2)cc1. The maximum Gasteiger partial charge on any atom is 0.254 e. The molecular formula is C22H23N3O2S2. The lowest BCUT2D eigenvalue weighted by Crippen LogP contribution is -2.34. The minimum Gasteiger partial charge on any atom is -0.332 e. The Morgan fingerprint density at radius 3 is 2.38 bits per heavy atom. The van der Waals surface area contributed by atoms with Gasteiger partial charge < -0.3 is 10.2 Å². The highest BCUT2D eigenvalue weighted by molar-refractivity contribution is 7.98. The van der Waals surface area contributed by atoms with Gasteiger partial charge in [0, 0.05) is 34.3 Å². The molecule has 0 saturated carbocycles. The molecule has 150 valence electrons. The van der Waals surface area contributed by atoms with E-state index >= 15 is 0 Å². The first-order valence-corrected chi connectivity index (χ1v) is 11.0. The summed E-state index contributed by atoms with van der Waals surface area (Å²) in [5, 5.41) is 5.94. The van der Waals surface area contributed by atoms with Gasteiger partial charge in [-0.3, -0.25) is 9.59 Å². The molecule has 7 heteroatoms. The van der Waals surface area contributed by atoms with Crippen molar-refractivity contribution in [2.24, 2.45) is 0 Å². The number of rotatable bonds is 7. The molecular weight excluding hydrogens is 402 g/mol. The van der Waals surface area contributed by atoms with Gasteiger partial charge in [0.2, 0.25) is 5.91 Å². The zero-order valence-corrected chi connectivity index (χ0v) is 18.3. The van der Waals surface area contributed by atoms with Gasteiger partial charge in [0.1, 0.15) is 0 Å². The predicted octanol–water partition coefficient (Wildman–Crippen LogP) is 4.76. The summed E-state index contributed by atoms with van der Waals surface area (Å²) in [6, 6.07) is 15.0. The molecule has 1 aromatic heterocycles. The molecule has 0 radical (unpaired) electrons. The number of carbonyl (C=O) groups excluding carboxylic acids is 2. The van der Waals surface area contributed by atoms with Crippen molar-refractivity contribution in [1.82, 2.24) is 9.88 Å². The molecule has 0 aliphatic carbocycles. The highest BCUT2D eigenvalue weighted by atomic mass is 32.2. The number of aromatic nitrogens is 1. The Balaban J connectivity index is 1.51. The number of likely N-dealkylation sites (N-methyl/N-ethyl adjacent to an activating group) is 1. The number of benzene rings is 2. The Morgan fingerprint density at radius 2 is 1.76 bits per heavy atom. The van der Waals surface area contributed by atoms with Crippen LogP contribution in [0.15, 0.2) is 58.8 Å². The van der Waals surface area contributed by atoms with Crippen molar-refractivity contribution < 1.29 is 9.59 Å². The summed E-state index contributed by atoms with van der Waals surface area (Å²) in [4.78, 5) is 31.8. The van der Waals surface area contributed by atoms with Gasteiger partial charge in [-0.25, -0.2) is 4.98 Å². The van der Waals surface area contributed by atoms with Crippen LogP contribution in [0.2, 0.25) is 0 Å². The first-order chi connectivity index (χ1) is 13.9. The van der Waals surface area contributed by atoms with Crippen LogP contribution in [0, 0.1) is 13.8 Å². The van der Waals surface area contributed by atoms with Crippen LogP contribution in [-0.2, 0) is 10.5 Å². The number of hydrogen-bond donors (Lipinski definition) is 1. The number of amides is 2. The van der Waals surface area contributed by atoms with E-state index in [2.05, 4.69) is 15.7 Å². The zero-order chi connectivity index (χ0) is 20.8. The van der Waals surface area contributed by atoms with Crippen LogP contribution in [-0.4, -0.2) is 35.3 Å². The minimum absolute atomic E-state index is 0.00755. The highest BCUT2D eigenvalue weighted by Gasteiger charge is 2.15. The Bertz CT molecular complexity index is 982. The summed E-state index contributed by atoms with van der Waals surface area (Å²) in [7, 11) is 1.63. The second-order valence-electron chi connectivity index (χ2n) is 6.75. The Morgan fingerprint density at radius 1 is 1.07 bits per heavy atom. The fourth-order valence-corrected chi connectivity index (χ4v) is 4.18. The lowest BCUT2D eigenvalue weighted by atomic mass is 10.2. The highest BCUT2D eigenvalue weighted by Crippen LogP contribution is 2.24. The number of thioether (sulfide) groups is 1. The summed E-state index contributed by atoms with van der Waals surface area (Å²) in [5.41, 5.74) is 3.47. The van der Waals surface area contributed by atoms with Crippen LogP contribution < -0.4 is 5.32 Å². The molecule has 0 bridgehead atoms. The van der Waals surface area contributed by atoms with Crippen molar-refractivity contribution in [2.75, 3.05) is 18.9 Å². The fourth-order valence-electron chi connectivity index (χ4n) is 2.67. The zero-order valence-electron chi connectivity index (χ0n) is 16.6. The smallest absolute Gasteiger partial charge is 0.254 e. The second-order valence-corrected chi connectivity index (χ2v) is 8.86. The van der Waals surface area contributed by atoms with E-state index in [9.17, 15) is 9.59 Å². The number of aryl methyl sites for hydroxylation is 2. The number of thiazole rings is 1. The third kappa shape index (κ3) is 6.17. The number of nitrogens with one attached hydrogen (secondary N) is 1. The Labute approximate surface area is 179 Å². The van der Waals surface area contributed by atoms with E-state index in [1.54, 1.807) is 42.3 Å². The standard InChI is InChI=1S/C22H23N3O2S2/c1-15-4-8-18(9-5-15)24-21(26)12-25(3)22(27)17-6-10-20(11-7-17)29-14-19-13-28-16(2)23-19/h4-11,13H,12,14H2,1-3H3,(H,24,26). The third-order valence-corrected chi connectivity index (χ3v) is 6.09. The molecule has 5 nitrogen and oxygen atoms in total. The summed E-state index contributed by atoms with van der Waals surface area (Å²) in [6.07, 6.45) is 0. The fraction of sp³-hybridized carbons (Fsp3) is 0.227. The summed E-state index contributed by atoms with van der Waals surface area (Å²) in [5.74, 6) is 0.391. The number of carbonyl (C=O) groups is 2. The van der Waals surface area contributed by atoms with E-state index in [1.807, 2.05) is 50.2 Å². The lowest BCUT2D eigenvalue weighted by Gasteiger charge is -2.17. The van der Waals surface area contributed by atoms with Crippen molar-refractivity contribution in [3.8, 4) is 0 Å². The average molecular weight is 426 g/mol. The van der Waals surface area contributed by atoms with E-state index in [0.29, 0.717) is 5.56 Å². The van der Waals surface area contributed by atoms with Crippen molar-refractivity contribution in [1.29, 1.82) is 0 Å². The summed E-state index contributed by atoms with van der Waals surface area (Å²) in [6.45, 7) is 3.98. The lowest BCUT2D eigenvalue weighted by molar-refractivity contribution is -0.116. The molecule has 0 aliphatic heterocycles. The molecule has 29 heavy (non-hydrogen) atoms. The number of anilines is 1. The number of hydrogen-bond acceptors (Lipinski definition) is 5. The van der Waals surface area contributed by atoms with Gasteiger partial charge >= 0.3 is 0 Å². The summed E-state index contributed by atoms with van der Waals surface area (Å²) >= 11 is 3.33. The molecule has 0 unspecified atom stereocenters. The molecule has 3 aromatic rings. The van der Waals surface area contributed by atoms with Crippen molar-refractivity contribution >= 4 is 40.6 Å².